The second-order valence-corrected chi connectivity index (χ2v) is 7.71. The molecule has 3 aromatic rings. The van der Waals surface area contributed by atoms with Crippen LogP contribution in [-0.4, -0.2) is 32.4 Å². The number of hydrogen-bond donors (Lipinski definition) is 1. The molecule has 5 nitrogen and oxygen atoms in total. The first-order valence-electron chi connectivity index (χ1n) is 9.74. The fourth-order valence-corrected chi connectivity index (χ4v) is 4.36. The maximum atomic E-state index is 12.0. The first kappa shape index (κ1) is 17.0. The molecule has 1 N–H and O–H groups in total. The molecule has 1 saturated heterocycles. The zero-order valence-electron chi connectivity index (χ0n) is 15.7. The molecule has 0 radical (unpaired) electrons. The summed E-state index contributed by atoms with van der Waals surface area (Å²) in [6, 6.07) is 12.7. The number of nitrogens with one attached hydrogen (secondary N) is 1. The van der Waals surface area contributed by atoms with Gasteiger partial charge < -0.3 is 4.90 Å². The van der Waals surface area contributed by atoms with Crippen LogP contribution in [0.4, 0.5) is 0 Å². The maximum absolute atomic E-state index is 12.0. The van der Waals surface area contributed by atoms with Gasteiger partial charge in [-0.05, 0) is 35.2 Å². The van der Waals surface area contributed by atoms with Crippen LogP contribution in [0.3, 0.4) is 0 Å². The monoisotopic (exact) mass is 370 g/mol. The van der Waals surface area contributed by atoms with Gasteiger partial charge in [-0.25, -0.2) is 0 Å². The standard InChI is InChI=1S/C23H22N4O/c1-2-16-11-21-20(22(25-24-21)15-27-9-5-8-23(27)28)10-19(16)14-26-12-17-6-3-4-7-18(17)13-26/h1,3-4,6-7,10-11H,5,8-9,12-15H2,(H,24,25). The van der Waals surface area contributed by atoms with E-state index >= 15 is 0 Å². The third-order valence-corrected chi connectivity index (χ3v) is 5.83. The average Bonchev–Trinajstić information content (AvgIpc) is 3.40. The molecule has 1 amide bonds. The average molecular weight is 370 g/mol. The van der Waals surface area contributed by atoms with Crippen LogP contribution < -0.4 is 0 Å². The van der Waals surface area contributed by atoms with Gasteiger partial charge in [0.25, 0.3) is 0 Å². The lowest BCUT2D eigenvalue weighted by Crippen LogP contribution is -2.24. The normalized spacial score (nSPS) is 16.7. The van der Waals surface area contributed by atoms with Gasteiger partial charge in [-0.3, -0.25) is 14.8 Å². The van der Waals surface area contributed by atoms with Crippen molar-refractivity contribution in [2.45, 2.75) is 39.0 Å². The molecular weight excluding hydrogens is 348 g/mol. The van der Waals surface area contributed by atoms with E-state index in [1.807, 2.05) is 11.0 Å². The summed E-state index contributed by atoms with van der Waals surface area (Å²) in [4.78, 5) is 16.3. The molecule has 2 aliphatic heterocycles. The quantitative estimate of drug-likeness (QED) is 0.718. The van der Waals surface area contributed by atoms with Gasteiger partial charge in [0.1, 0.15) is 0 Å². The Morgan fingerprint density at radius 3 is 2.61 bits per heavy atom. The van der Waals surface area contributed by atoms with Gasteiger partial charge in [0.15, 0.2) is 0 Å². The van der Waals surface area contributed by atoms with E-state index in [4.69, 9.17) is 6.42 Å². The van der Waals surface area contributed by atoms with Gasteiger partial charge in [-0.2, -0.15) is 5.10 Å². The summed E-state index contributed by atoms with van der Waals surface area (Å²) in [5.41, 5.74) is 6.66. The highest BCUT2D eigenvalue weighted by Gasteiger charge is 2.23. The number of carbonyl (C=O) groups is 1. The number of likely N-dealkylation sites (tertiary alicyclic amines) is 1. The molecule has 0 atom stereocenters. The molecule has 140 valence electrons. The Balaban J connectivity index is 1.44. The number of amides is 1. The predicted molar refractivity (Wildman–Crippen MR) is 108 cm³/mol. The number of hydrogen-bond acceptors (Lipinski definition) is 3. The van der Waals surface area contributed by atoms with Crippen LogP contribution in [0.5, 0.6) is 0 Å². The molecule has 0 unspecified atom stereocenters. The van der Waals surface area contributed by atoms with E-state index in [9.17, 15) is 4.79 Å². The molecule has 2 aliphatic rings. The van der Waals surface area contributed by atoms with Crippen LogP contribution in [0.1, 0.15) is 40.8 Å². The van der Waals surface area contributed by atoms with Crippen molar-refractivity contribution in [3.8, 4) is 12.3 Å². The summed E-state index contributed by atoms with van der Waals surface area (Å²) in [6.45, 7) is 4.09. The van der Waals surface area contributed by atoms with Gasteiger partial charge in [-0.1, -0.05) is 30.2 Å². The molecule has 1 fully saturated rings. The van der Waals surface area contributed by atoms with Crippen molar-refractivity contribution in [2.75, 3.05) is 6.54 Å². The lowest BCUT2D eigenvalue weighted by Gasteiger charge is -2.17. The summed E-state index contributed by atoms with van der Waals surface area (Å²) in [5.74, 6) is 3.05. The number of carbonyl (C=O) groups excluding carboxylic acids is 1. The number of fused-ring (bicyclic) bond motifs is 2. The minimum atomic E-state index is 0.220. The number of aromatic amines is 1. The van der Waals surface area contributed by atoms with E-state index < -0.39 is 0 Å². The minimum absolute atomic E-state index is 0.220. The van der Waals surface area contributed by atoms with Gasteiger partial charge >= 0.3 is 0 Å². The van der Waals surface area contributed by atoms with E-state index in [0.717, 1.165) is 60.3 Å². The van der Waals surface area contributed by atoms with Crippen LogP contribution in [0.25, 0.3) is 10.9 Å². The zero-order chi connectivity index (χ0) is 19.1. The van der Waals surface area contributed by atoms with Crippen LogP contribution in [0.15, 0.2) is 36.4 Å². The molecule has 28 heavy (non-hydrogen) atoms. The SMILES string of the molecule is C#Cc1cc2n[nH]c(CN3CCCC3=O)c2cc1CN1Cc2ccccc2C1. The zero-order valence-corrected chi connectivity index (χ0v) is 15.7. The van der Waals surface area contributed by atoms with Crippen molar-refractivity contribution in [3.63, 3.8) is 0 Å². The Bertz CT molecular complexity index is 1080. The van der Waals surface area contributed by atoms with Crippen LogP contribution in [-0.2, 0) is 31.0 Å². The fraction of sp³-hybridized carbons (Fsp3) is 0.304. The highest BCUT2D eigenvalue weighted by molar-refractivity contribution is 5.85. The fourth-order valence-electron chi connectivity index (χ4n) is 4.36. The Labute approximate surface area is 164 Å². The largest absolute Gasteiger partial charge is 0.337 e. The van der Waals surface area contributed by atoms with Gasteiger partial charge in [0.05, 0.1) is 17.8 Å². The maximum Gasteiger partial charge on any atom is 0.222 e. The summed E-state index contributed by atoms with van der Waals surface area (Å²) in [5, 5.41) is 8.61. The van der Waals surface area contributed by atoms with E-state index in [1.54, 1.807) is 0 Å². The molecule has 1 aromatic heterocycles. The van der Waals surface area contributed by atoms with Gasteiger partial charge in [0.2, 0.25) is 5.91 Å². The molecule has 0 spiro atoms. The lowest BCUT2D eigenvalue weighted by atomic mass is 10.0. The number of rotatable bonds is 4. The Morgan fingerprint density at radius 2 is 1.93 bits per heavy atom. The third kappa shape index (κ3) is 2.96. The first-order chi connectivity index (χ1) is 13.7. The van der Waals surface area contributed by atoms with Crippen molar-refractivity contribution in [3.05, 3.63) is 64.3 Å². The molecule has 0 saturated carbocycles. The number of benzene rings is 2. The third-order valence-electron chi connectivity index (χ3n) is 5.83. The van der Waals surface area contributed by atoms with E-state index in [2.05, 4.69) is 51.3 Å². The Hall–Kier alpha value is -3.10. The lowest BCUT2D eigenvalue weighted by molar-refractivity contribution is -0.128. The van der Waals surface area contributed by atoms with Crippen molar-refractivity contribution in [1.82, 2.24) is 20.0 Å². The molecule has 3 heterocycles. The summed E-state index contributed by atoms with van der Waals surface area (Å²) >= 11 is 0. The number of nitrogens with zero attached hydrogens (tertiary/aromatic N) is 3. The second kappa shape index (κ2) is 6.81. The highest BCUT2D eigenvalue weighted by atomic mass is 16.2. The number of aromatic nitrogens is 2. The van der Waals surface area contributed by atoms with Gasteiger partial charge in [0, 0.05) is 43.5 Å². The van der Waals surface area contributed by atoms with E-state index in [1.165, 1.54) is 11.1 Å². The topological polar surface area (TPSA) is 52.2 Å². The molecule has 5 rings (SSSR count). The van der Waals surface area contributed by atoms with Crippen molar-refractivity contribution < 1.29 is 4.79 Å². The number of terminal acetylenes is 1. The van der Waals surface area contributed by atoms with Crippen LogP contribution in [0, 0.1) is 12.3 Å². The Kier molecular flexibility index (Phi) is 4.14. The Morgan fingerprint density at radius 1 is 1.14 bits per heavy atom. The van der Waals surface area contributed by atoms with E-state index in [0.29, 0.717) is 13.0 Å². The molecule has 0 bridgehead atoms. The molecular formula is C23H22N4O. The molecule has 5 heteroatoms. The van der Waals surface area contributed by atoms with Crippen LogP contribution in [0.2, 0.25) is 0 Å². The van der Waals surface area contributed by atoms with Crippen molar-refractivity contribution >= 4 is 16.8 Å². The summed E-state index contributed by atoms with van der Waals surface area (Å²) in [7, 11) is 0. The van der Waals surface area contributed by atoms with Crippen molar-refractivity contribution in [1.29, 1.82) is 0 Å². The first-order valence-corrected chi connectivity index (χ1v) is 9.74. The summed E-state index contributed by atoms with van der Waals surface area (Å²) < 4.78 is 0. The van der Waals surface area contributed by atoms with Crippen LogP contribution >= 0.6 is 0 Å². The second-order valence-electron chi connectivity index (χ2n) is 7.71. The molecule has 0 aliphatic carbocycles. The van der Waals surface area contributed by atoms with Gasteiger partial charge in [-0.15, -0.1) is 6.42 Å². The highest BCUT2D eigenvalue weighted by Crippen LogP contribution is 2.28. The minimum Gasteiger partial charge on any atom is -0.337 e. The van der Waals surface area contributed by atoms with Crippen molar-refractivity contribution in [2.24, 2.45) is 0 Å². The smallest absolute Gasteiger partial charge is 0.222 e. The number of H-pyrrole nitrogens is 1. The van der Waals surface area contributed by atoms with E-state index in [-0.39, 0.29) is 5.91 Å². The molecule has 2 aromatic carbocycles. The summed E-state index contributed by atoms with van der Waals surface area (Å²) in [6.07, 6.45) is 7.38. The predicted octanol–water partition coefficient (Wildman–Crippen LogP) is 3.18.